The number of carboxylic acid groups (broad SMARTS) is 1. The molecule has 0 spiro atoms. The van der Waals surface area contributed by atoms with E-state index in [1.807, 2.05) is 105 Å². The van der Waals surface area contributed by atoms with Gasteiger partial charge < -0.3 is 10.1 Å². The predicted octanol–water partition coefficient (Wildman–Crippen LogP) is 5.96. The summed E-state index contributed by atoms with van der Waals surface area (Å²) >= 11 is 0. The quantitative estimate of drug-likeness (QED) is 0.209. The number of imide groups is 1. The zero-order valence-corrected chi connectivity index (χ0v) is 24.1. The molecule has 3 N–H and O–H groups in total. The number of nitrogens with zero attached hydrogens (tertiary/aromatic N) is 1. The van der Waals surface area contributed by atoms with Crippen LogP contribution >= 0.6 is 0 Å². The molecular weight excluding hydrogens is 538 g/mol. The first-order chi connectivity index (χ1) is 20.9. The van der Waals surface area contributed by atoms with E-state index in [-0.39, 0.29) is 12.3 Å². The van der Waals surface area contributed by atoms with Crippen LogP contribution < -0.4 is 10.2 Å². The van der Waals surface area contributed by atoms with E-state index in [1.54, 1.807) is 0 Å². The van der Waals surface area contributed by atoms with Crippen LogP contribution in [0.15, 0.2) is 91.1 Å². The molecule has 43 heavy (non-hydrogen) atoms. The maximum atomic E-state index is 14.7. The molecule has 1 aromatic heterocycles. The van der Waals surface area contributed by atoms with Crippen LogP contribution in [0.4, 0.5) is 5.69 Å². The molecule has 0 aliphatic carbocycles. The molecule has 0 bridgehead atoms. The minimum absolute atomic E-state index is 0.0394. The Labute approximate surface area is 249 Å². The number of para-hydroxylation sites is 2. The van der Waals surface area contributed by atoms with Crippen molar-refractivity contribution >= 4 is 45.1 Å². The molecule has 2 fully saturated rings. The lowest BCUT2D eigenvalue weighted by atomic mass is 9.76. The number of H-pyrrole nitrogens is 1. The number of aryl methyl sites for hydroxylation is 2. The first-order valence-electron chi connectivity index (χ1n) is 14.9. The maximum absolute atomic E-state index is 14.7. The second kappa shape index (κ2) is 10.2. The molecule has 2 saturated heterocycles. The molecule has 216 valence electrons. The van der Waals surface area contributed by atoms with E-state index in [2.05, 4.69) is 10.3 Å². The van der Waals surface area contributed by atoms with Gasteiger partial charge in [0.1, 0.15) is 5.54 Å². The predicted molar refractivity (Wildman–Crippen MR) is 167 cm³/mol. The largest absolute Gasteiger partial charge is 0.480 e. The molecule has 7 nitrogen and oxygen atoms in total. The van der Waals surface area contributed by atoms with Crippen molar-refractivity contribution in [3.8, 4) is 0 Å². The van der Waals surface area contributed by atoms with Gasteiger partial charge in [0, 0.05) is 29.6 Å². The number of hydrogen-bond acceptors (Lipinski definition) is 4. The number of amides is 2. The topological polar surface area (TPSA) is 102 Å². The second-order valence-electron chi connectivity index (χ2n) is 11.7. The van der Waals surface area contributed by atoms with Crippen molar-refractivity contribution in [3.05, 3.63) is 113 Å². The van der Waals surface area contributed by atoms with Crippen LogP contribution in [-0.2, 0) is 33.6 Å². The number of nitrogens with one attached hydrogen (secondary N) is 2. The summed E-state index contributed by atoms with van der Waals surface area (Å²) < 4.78 is 0. The lowest BCUT2D eigenvalue weighted by Crippen LogP contribution is -2.57. The summed E-state index contributed by atoms with van der Waals surface area (Å²) in [6.07, 6.45) is 3.13. The molecule has 4 unspecified atom stereocenters. The summed E-state index contributed by atoms with van der Waals surface area (Å²) in [6.45, 7) is 4.01. The highest BCUT2D eigenvalue weighted by Gasteiger charge is 2.69. The average molecular weight is 572 g/mol. The van der Waals surface area contributed by atoms with E-state index in [9.17, 15) is 19.5 Å². The fourth-order valence-corrected chi connectivity index (χ4v) is 7.53. The van der Waals surface area contributed by atoms with Gasteiger partial charge in [-0.05, 0) is 51.9 Å². The van der Waals surface area contributed by atoms with Crippen LogP contribution in [0.2, 0.25) is 0 Å². The third-order valence-corrected chi connectivity index (χ3v) is 9.53. The monoisotopic (exact) mass is 571 g/mol. The Balaban J connectivity index is 1.45. The number of aromatic amines is 1. The third kappa shape index (κ3) is 3.95. The van der Waals surface area contributed by atoms with Crippen LogP contribution in [0.3, 0.4) is 0 Å². The smallest absolute Gasteiger partial charge is 0.325 e. The molecule has 7 heteroatoms. The molecule has 0 radical (unpaired) electrons. The van der Waals surface area contributed by atoms with Crippen LogP contribution in [0.1, 0.15) is 42.1 Å². The van der Waals surface area contributed by atoms with Crippen molar-refractivity contribution in [2.24, 2.45) is 11.8 Å². The summed E-state index contributed by atoms with van der Waals surface area (Å²) in [5.74, 6) is -3.95. The molecule has 4 atom stereocenters. The minimum Gasteiger partial charge on any atom is -0.480 e. The van der Waals surface area contributed by atoms with Crippen LogP contribution in [0, 0.1) is 11.8 Å². The molecule has 7 rings (SSSR count). The molecule has 3 heterocycles. The van der Waals surface area contributed by atoms with E-state index in [1.165, 1.54) is 4.90 Å². The highest BCUT2D eigenvalue weighted by atomic mass is 16.4. The first-order valence-corrected chi connectivity index (χ1v) is 14.9. The number of benzene rings is 4. The summed E-state index contributed by atoms with van der Waals surface area (Å²) in [5, 5.41) is 17.3. The van der Waals surface area contributed by atoms with Crippen molar-refractivity contribution in [1.82, 2.24) is 10.3 Å². The van der Waals surface area contributed by atoms with Gasteiger partial charge in [0.05, 0.1) is 17.5 Å². The molecule has 0 saturated carbocycles. The number of carbonyl (C=O) groups excluding carboxylic acids is 2. The van der Waals surface area contributed by atoms with Crippen molar-refractivity contribution < 1.29 is 19.5 Å². The van der Waals surface area contributed by atoms with Crippen LogP contribution in [0.25, 0.3) is 21.7 Å². The van der Waals surface area contributed by atoms with Crippen molar-refractivity contribution in [3.63, 3.8) is 0 Å². The van der Waals surface area contributed by atoms with Gasteiger partial charge in [0.2, 0.25) is 11.8 Å². The molecule has 2 amide bonds. The summed E-state index contributed by atoms with van der Waals surface area (Å²) in [6, 6.07) is 26.6. The number of rotatable bonds is 7. The minimum atomic E-state index is -1.72. The zero-order chi connectivity index (χ0) is 29.9. The van der Waals surface area contributed by atoms with Gasteiger partial charge >= 0.3 is 5.97 Å². The number of carbonyl (C=O) groups is 3. The SMILES string of the molecule is CCc1cccc(CC)c1N1C(=O)C2C(c3cccc4ccccc34)NC(Cc3c[nH]c4ccccc34)(C(=O)O)C2C1=O. The lowest BCUT2D eigenvalue weighted by Gasteiger charge is -2.32. The Morgan fingerprint density at radius 3 is 2.19 bits per heavy atom. The molecule has 5 aromatic rings. The number of aliphatic carboxylic acids is 1. The fraction of sp³-hybridized carbons (Fsp3) is 0.250. The number of aromatic nitrogens is 1. The summed E-state index contributed by atoms with van der Waals surface area (Å²) in [4.78, 5) is 47.4. The van der Waals surface area contributed by atoms with Crippen molar-refractivity contribution in [2.45, 2.75) is 44.7 Å². The molecule has 2 aliphatic rings. The Hall–Kier alpha value is -4.75. The average Bonchev–Trinajstić information content (AvgIpc) is 3.68. The van der Waals surface area contributed by atoms with Crippen molar-refractivity contribution in [1.29, 1.82) is 0 Å². The van der Waals surface area contributed by atoms with Gasteiger partial charge in [0.15, 0.2) is 0 Å². The van der Waals surface area contributed by atoms with Gasteiger partial charge in [-0.25, -0.2) is 4.90 Å². The molecular formula is C36H33N3O4. The zero-order valence-electron chi connectivity index (χ0n) is 24.1. The maximum Gasteiger partial charge on any atom is 0.325 e. The van der Waals surface area contributed by atoms with Gasteiger partial charge in [-0.3, -0.25) is 19.7 Å². The standard InChI is InChI=1S/C36H33N3O4/c1-3-21-12-9-13-22(4-2)32(21)39-33(40)29-30(34(39)41)36(35(42)43,19-24-20-37-28-18-8-7-16-26(24)28)38-31(29)27-17-10-14-23-11-5-6-15-25(23)27/h5-18,20,29-31,37-38H,3-4,19H2,1-2H3,(H,42,43). The van der Waals surface area contributed by atoms with E-state index in [0.717, 1.165) is 43.9 Å². The van der Waals surface area contributed by atoms with Gasteiger partial charge in [-0.2, -0.15) is 0 Å². The van der Waals surface area contributed by atoms with Crippen LogP contribution in [0.5, 0.6) is 0 Å². The fourth-order valence-electron chi connectivity index (χ4n) is 7.53. The highest BCUT2D eigenvalue weighted by Crippen LogP contribution is 2.52. The Morgan fingerprint density at radius 2 is 1.47 bits per heavy atom. The van der Waals surface area contributed by atoms with E-state index < -0.39 is 35.3 Å². The summed E-state index contributed by atoms with van der Waals surface area (Å²) in [7, 11) is 0. The Kier molecular flexibility index (Phi) is 6.43. The highest BCUT2D eigenvalue weighted by molar-refractivity contribution is 6.25. The number of fused-ring (bicyclic) bond motifs is 3. The van der Waals surface area contributed by atoms with Crippen LogP contribution in [-0.4, -0.2) is 33.4 Å². The summed E-state index contributed by atoms with van der Waals surface area (Å²) in [5.41, 5.74) is 3.17. The number of hydrogen-bond donors (Lipinski definition) is 3. The van der Waals surface area contributed by atoms with E-state index in [4.69, 9.17) is 0 Å². The van der Waals surface area contributed by atoms with E-state index in [0.29, 0.717) is 18.5 Å². The second-order valence-corrected chi connectivity index (χ2v) is 11.7. The molecule has 4 aromatic carbocycles. The Morgan fingerprint density at radius 1 is 0.814 bits per heavy atom. The number of anilines is 1. The van der Waals surface area contributed by atoms with Gasteiger partial charge in [0.25, 0.3) is 0 Å². The van der Waals surface area contributed by atoms with Gasteiger partial charge in [-0.1, -0.05) is 92.7 Å². The van der Waals surface area contributed by atoms with E-state index >= 15 is 0 Å². The third-order valence-electron chi connectivity index (χ3n) is 9.53. The van der Waals surface area contributed by atoms with Gasteiger partial charge in [-0.15, -0.1) is 0 Å². The van der Waals surface area contributed by atoms with Crippen molar-refractivity contribution in [2.75, 3.05) is 4.90 Å². The Bertz CT molecular complexity index is 1900. The lowest BCUT2D eigenvalue weighted by molar-refractivity contribution is -0.148. The normalized spacial score (nSPS) is 23.4. The number of carboxylic acids is 1. The molecule has 2 aliphatic heterocycles. The first kappa shape index (κ1) is 27.1.